The van der Waals surface area contributed by atoms with E-state index in [-0.39, 0.29) is 16.4 Å². The molecule has 0 saturated heterocycles. The van der Waals surface area contributed by atoms with Crippen LogP contribution in [0.15, 0.2) is 60.3 Å². The Morgan fingerprint density at radius 1 is 1.14 bits per heavy atom. The van der Waals surface area contributed by atoms with E-state index in [1.807, 2.05) is 0 Å². The average Bonchev–Trinajstić information content (AvgIpc) is 3.08. The molecule has 0 aromatic heterocycles. The van der Waals surface area contributed by atoms with Crippen molar-refractivity contribution in [2.24, 2.45) is 0 Å². The molecule has 1 aliphatic heterocycles. The standard InChI is InChI=1S/C19H16Cl2F3N3O/c1-11(12-6-8-13(20)9-7-12)25-18(28)16-10-17(19(22,23)24)26-27(16)15-5-3-2-4-14(15)21/h2-11,17,26H,1H3,(H,25,28). The highest BCUT2D eigenvalue weighted by atomic mass is 35.5. The third-order valence-corrected chi connectivity index (χ3v) is 4.80. The smallest absolute Gasteiger partial charge is 0.344 e. The Kier molecular flexibility index (Phi) is 5.88. The number of para-hydroxylation sites is 1. The second-order valence-corrected chi connectivity index (χ2v) is 7.08. The Balaban J connectivity index is 1.87. The number of hydrogen-bond acceptors (Lipinski definition) is 3. The van der Waals surface area contributed by atoms with Crippen LogP contribution < -0.4 is 15.8 Å². The molecule has 0 aliphatic carbocycles. The number of anilines is 1. The number of nitrogens with one attached hydrogen (secondary N) is 2. The predicted molar refractivity (Wildman–Crippen MR) is 103 cm³/mol. The largest absolute Gasteiger partial charge is 0.409 e. The quantitative estimate of drug-likeness (QED) is 0.717. The molecule has 148 valence electrons. The second-order valence-electron chi connectivity index (χ2n) is 6.23. The topological polar surface area (TPSA) is 44.4 Å². The van der Waals surface area contributed by atoms with E-state index >= 15 is 0 Å². The SMILES string of the molecule is CC(NC(=O)C1=CC(C(F)(F)F)NN1c1ccccc1Cl)c1ccc(Cl)cc1. The Morgan fingerprint density at radius 2 is 1.79 bits per heavy atom. The van der Waals surface area contributed by atoms with Gasteiger partial charge >= 0.3 is 6.18 Å². The minimum absolute atomic E-state index is 0.184. The van der Waals surface area contributed by atoms with E-state index in [0.717, 1.165) is 16.6 Å². The van der Waals surface area contributed by atoms with Crippen LogP contribution in [0.25, 0.3) is 0 Å². The molecule has 3 rings (SSSR count). The summed E-state index contributed by atoms with van der Waals surface area (Å²) < 4.78 is 39.7. The lowest BCUT2D eigenvalue weighted by Gasteiger charge is -2.26. The summed E-state index contributed by atoms with van der Waals surface area (Å²) in [7, 11) is 0. The summed E-state index contributed by atoms with van der Waals surface area (Å²) in [4.78, 5) is 12.8. The van der Waals surface area contributed by atoms with Crippen LogP contribution in [0.3, 0.4) is 0 Å². The lowest BCUT2D eigenvalue weighted by Crippen LogP contribution is -2.46. The molecule has 2 aromatic carbocycles. The van der Waals surface area contributed by atoms with Crippen LogP contribution >= 0.6 is 23.2 Å². The Hall–Kier alpha value is -2.22. The van der Waals surface area contributed by atoms with Gasteiger partial charge in [0, 0.05) is 5.02 Å². The van der Waals surface area contributed by atoms with E-state index in [0.29, 0.717) is 5.02 Å². The second kappa shape index (κ2) is 8.03. The molecular weight excluding hydrogens is 414 g/mol. The van der Waals surface area contributed by atoms with Crippen molar-refractivity contribution in [3.63, 3.8) is 0 Å². The van der Waals surface area contributed by atoms with Crippen molar-refractivity contribution in [3.05, 3.63) is 75.9 Å². The van der Waals surface area contributed by atoms with Gasteiger partial charge in [0.05, 0.1) is 16.8 Å². The monoisotopic (exact) mass is 429 g/mol. The zero-order valence-corrected chi connectivity index (χ0v) is 16.1. The van der Waals surface area contributed by atoms with Crippen LogP contribution in [0.4, 0.5) is 18.9 Å². The number of nitrogens with zero attached hydrogens (tertiary/aromatic N) is 1. The molecule has 0 bridgehead atoms. The molecule has 4 nitrogen and oxygen atoms in total. The minimum Gasteiger partial charge on any atom is -0.344 e. The van der Waals surface area contributed by atoms with Crippen LogP contribution in [0.1, 0.15) is 18.5 Å². The third kappa shape index (κ3) is 4.43. The van der Waals surface area contributed by atoms with Gasteiger partial charge in [0.15, 0.2) is 0 Å². The summed E-state index contributed by atoms with van der Waals surface area (Å²) in [5, 5.41) is 4.52. The van der Waals surface area contributed by atoms with Crippen molar-refractivity contribution in [3.8, 4) is 0 Å². The van der Waals surface area contributed by atoms with Crippen LogP contribution in [0, 0.1) is 0 Å². The number of hydrazine groups is 1. The van der Waals surface area contributed by atoms with Gasteiger partial charge in [-0.1, -0.05) is 47.5 Å². The highest BCUT2D eigenvalue weighted by Crippen LogP contribution is 2.34. The first-order chi connectivity index (χ1) is 13.2. The number of benzene rings is 2. The van der Waals surface area contributed by atoms with Crippen molar-refractivity contribution in [2.75, 3.05) is 5.01 Å². The first-order valence-corrected chi connectivity index (χ1v) is 9.08. The number of halogens is 5. The molecular formula is C19H16Cl2F3N3O. The number of amides is 1. The van der Waals surface area contributed by atoms with E-state index in [1.54, 1.807) is 43.3 Å². The molecule has 2 atom stereocenters. The van der Waals surface area contributed by atoms with E-state index in [4.69, 9.17) is 23.2 Å². The highest BCUT2D eigenvalue weighted by molar-refractivity contribution is 6.33. The fraction of sp³-hybridized carbons (Fsp3) is 0.211. The molecule has 0 radical (unpaired) electrons. The summed E-state index contributed by atoms with van der Waals surface area (Å²) >= 11 is 12.0. The Labute approximate surface area is 169 Å². The first kappa shape index (κ1) is 20.5. The zero-order chi connectivity index (χ0) is 20.5. The van der Waals surface area contributed by atoms with Crippen molar-refractivity contribution in [1.82, 2.24) is 10.7 Å². The number of rotatable bonds is 4. The van der Waals surface area contributed by atoms with Crippen molar-refractivity contribution in [1.29, 1.82) is 0 Å². The molecule has 0 fully saturated rings. The molecule has 28 heavy (non-hydrogen) atoms. The lowest BCUT2D eigenvalue weighted by molar-refractivity contribution is -0.142. The van der Waals surface area contributed by atoms with E-state index in [2.05, 4.69) is 10.7 Å². The van der Waals surface area contributed by atoms with E-state index < -0.39 is 24.2 Å². The van der Waals surface area contributed by atoms with Crippen LogP contribution in [0.2, 0.25) is 10.0 Å². The zero-order valence-electron chi connectivity index (χ0n) is 14.6. The van der Waals surface area contributed by atoms with Crippen molar-refractivity contribution in [2.45, 2.75) is 25.2 Å². The summed E-state index contributed by atoms with van der Waals surface area (Å²) in [6, 6.07) is 10.7. The summed E-state index contributed by atoms with van der Waals surface area (Å²) in [5.41, 5.74) is 3.12. The van der Waals surface area contributed by atoms with Gasteiger partial charge in [0.2, 0.25) is 0 Å². The summed E-state index contributed by atoms with van der Waals surface area (Å²) in [5.74, 6) is -0.665. The highest BCUT2D eigenvalue weighted by Gasteiger charge is 2.45. The normalized spacial score (nSPS) is 18.0. The van der Waals surface area contributed by atoms with Crippen LogP contribution in [-0.4, -0.2) is 18.1 Å². The van der Waals surface area contributed by atoms with Gasteiger partial charge in [-0.3, -0.25) is 9.80 Å². The molecule has 2 aromatic rings. The number of hydrogen-bond donors (Lipinski definition) is 2. The predicted octanol–water partition coefficient (Wildman–Crippen LogP) is 5.01. The maximum Gasteiger partial charge on any atom is 0.409 e. The maximum atomic E-state index is 13.2. The van der Waals surface area contributed by atoms with Gasteiger partial charge in [-0.25, -0.2) is 5.43 Å². The molecule has 2 unspecified atom stereocenters. The summed E-state index contributed by atoms with van der Waals surface area (Å²) in [6.45, 7) is 1.73. The van der Waals surface area contributed by atoms with Gasteiger partial charge in [-0.15, -0.1) is 0 Å². The number of alkyl halides is 3. The third-order valence-electron chi connectivity index (χ3n) is 4.23. The van der Waals surface area contributed by atoms with E-state index in [1.165, 1.54) is 12.1 Å². The van der Waals surface area contributed by atoms with Gasteiger partial charge in [-0.05, 0) is 42.8 Å². The number of carbonyl (C=O) groups is 1. The van der Waals surface area contributed by atoms with Gasteiger partial charge < -0.3 is 5.32 Å². The Morgan fingerprint density at radius 3 is 2.39 bits per heavy atom. The average molecular weight is 430 g/mol. The molecule has 0 spiro atoms. The molecule has 1 aliphatic rings. The fourth-order valence-electron chi connectivity index (χ4n) is 2.76. The fourth-order valence-corrected chi connectivity index (χ4v) is 3.11. The van der Waals surface area contributed by atoms with Crippen LogP contribution in [0.5, 0.6) is 0 Å². The van der Waals surface area contributed by atoms with Gasteiger partial charge in [0.25, 0.3) is 5.91 Å². The Bertz CT molecular complexity index is 900. The molecule has 1 heterocycles. The number of carbonyl (C=O) groups excluding carboxylic acids is 1. The maximum absolute atomic E-state index is 13.2. The van der Waals surface area contributed by atoms with Gasteiger partial charge in [0.1, 0.15) is 11.7 Å². The molecule has 2 N–H and O–H groups in total. The first-order valence-electron chi connectivity index (χ1n) is 8.32. The van der Waals surface area contributed by atoms with Gasteiger partial charge in [-0.2, -0.15) is 13.2 Å². The van der Waals surface area contributed by atoms with Crippen molar-refractivity contribution >= 4 is 34.8 Å². The summed E-state index contributed by atoms with van der Waals surface area (Å²) in [6.07, 6.45) is -3.73. The van der Waals surface area contributed by atoms with E-state index in [9.17, 15) is 18.0 Å². The molecule has 0 saturated carbocycles. The molecule has 1 amide bonds. The minimum atomic E-state index is -4.57. The van der Waals surface area contributed by atoms with Crippen molar-refractivity contribution < 1.29 is 18.0 Å². The lowest BCUT2D eigenvalue weighted by atomic mass is 10.1. The van der Waals surface area contributed by atoms with Crippen LogP contribution in [-0.2, 0) is 4.79 Å². The molecule has 9 heteroatoms.